The van der Waals surface area contributed by atoms with E-state index in [9.17, 15) is 4.79 Å². The first-order valence-corrected chi connectivity index (χ1v) is 4.17. The maximum atomic E-state index is 9.86. The molecule has 11 heavy (non-hydrogen) atoms. The van der Waals surface area contributed by atoms with Crippen molar-refractivity contribution >= 4 is 6.29 Å². The zero-order valence-corrected chi connectivity index (χ0v) is 7.12. The van der Waals surface area contributed by atoms with Crippen molar-refractivity contribution in [3.63, 3.8) is 0 Å². The summed E-state index contributed by atoms with van der Waals surface area (Å²) in [4.78, 5) is 9.86. The average Bonchev–Trinajstić information content (AvgIpc) is 2.03. The van der Waals surface area contributed by atoms with Crippen LogP contribution in [0.3, 0.4) is 0 Å². The summed E-state index contributed by atoms with van der Waals surface area (Å²) >= 11 is 0. The van der Waals surface area contributed by atoms with Gasteiger partial charge in [-0.15, -0.1) is 0 Å². The van der Waals surface area contributed by atoms with Crippen LogP contribution in [-0.4, -0.2) is 6.29 Å². The number of carbonyl (C=O) groups is 1. The molecular formula is C10H16O. The summed E-state index contributed by atoms with van der Waals surface area (Å²) < 4.78 is 0. The number of allylic oxidation sites excluding steroid dienone is 4. The first kappa shape index (κ1) is 10.2. The minimum atomic E-state index is 0.526. The van der Waals surface area contributed by atoms with Crippen molar-refractivity contribution < 1.29 is 4.79 Å². The second kappa shape index (κ2) is 9.15. The van der Waals surface area contributed by atoms with Gasteiger partial charge in [0.2, 0.25) is 0 Å². The molecule has 0 atom stereocenters. The summed E-state index contributed by atoms with van der Waals surface area (Å²) in [6.45, 7) is 2.18. The van der Waals surface area contributed by atoms with E-state index >= 15 is 0 Å². The minimum Gasteiger partial charge on any atom is -0.303 e. The number of carbonyl (C=O) groups excluding carboxylic acids is 1. The van der Waals surface area contributed by atoms with E-state index in [4.69, 9.17) is 0 Å². The molecule has 1 heteroatoms. The van der Waals surface area contributed by atoms with Crippen LogP contribution in [0.5, 0.6) is 0 Å². The Hall–Kier alpha value is -0.850. The van der Waals surface area contributed by atoms with Crippen molar-refractivity contribution in [2.75, 3.05) is 0 Å². The van der Waals surface area contributed by atoms with Gasteiger partial charge in [0, 0.05) is 6.42 Å². The van der Waals surface area contributed by atoms with Crippen molar-refractivity contribution in [2.45, 2.75) is 32.6 Å². The summed E-state index contributed by atoms with van der Waals surface area (Å²) in [7, 11) is 0. The van der Waals surface area contributed by atoms with Crippen LogP contribution in [0, 0.1) is 0 Å². The summed E-state index contributed by atoms with van der Waals surface area (Å²) in [6, 6.07) is 0. The molecule has 0 aliphatic carbocycles. The van der Waals surface area contributed by atoms with Crippen molar-refractivity contribution in [3.05, 3.63) is 24.3 Å². The van der Waals surface area contributed by atoms with Gasteiger partial charge in [0.15, 0.2) is 0 Å². The molecule has 0 saturated heterocycles. The fourth-order valence-electron chi connectivity index (χ4n) is 0.709. The third-order valence-electron chi connectivity index (χ3n) is 1.34. The minimum absolute atomic E-state index is 0.526. The van der Waals surface area contributed by atoms with Crippen molar-refractivity contribution in [2.24, 2.45) is 0 Å². The van der Waals surface area contributed by atoms with Crippen LogP contribution in [0.2, 0.25) is 0 Å². The van der Waals surface area contributed by atoms with Crippen LogP contribution in [0.25, 0.3) is 0 Å². The molecule has 0 saturated carbocycles. The molecule has 0 bridgehead atoms. The van der Waals surface area contributed by atoms with E-state index in [1.54, 1.807) is 0 Å². The standard InChI is InChI=1S/C10H16O/c1-2-3-4-5-6-7-8-9-10-11/h5-8,10H,2-4,9H2,1H3. The highest BCUT2D eigenvalue weighted by Crippen LogP contribution is 1.94. The van der Waals surface area contributed by atoms with Gasteiger partial charge in [-0.25, -0.2) is 0 Å². The van der Waals surface area contributed by atoms with Gasteiger partial charge in [-0.2, -0.15) is 0 Å². The predicted molar refractivity (Wildman–Crippen MR) is 48.5 cm³/mol. The molecule has 0 aliphatic heterocycles. The van der Waals surface area contributed by atoms with Crippen LogP contribution in [0.4, 0.5) is 0 Å². The second-order valence-corrected chi connectivity index (χ2v) is 2.40. The Balaban J connectivity index is 3.21. The van der Waals surface area contributed by atoms with Crippen LogP contribution < -0.4 is 0 Å². The highest BCUT2D eigenvalue weighted by molar-refractivity contribution is 5.52. The normalized spacial score (nSPS) is 11.4. The van der Waals surface area contributed by atoms with Gasteiger partial charge in [0.1, 0.15) is 6.29 Å². The molecule has 0 aliphatic rings. The average molecular weight is 152 g/mol. The number of rotatable bonds is 6. The first-order chi connectivity index (χ1) is 5.41. The van der Waals surface area contributed by atoms with E-state index in [1.165, 1.54) is 12.8 Å². The zero-order valence-electron chi connectivity index (χ0n) is 7.12. The number of hydrogen-bond acceptors (Lipinski definition) is 1. The van der Waals surface area contributed by atoms with Crippen LogP contribution in [-0.2, 0) is 4.79 Å². The summed E-state index contributed by atoms with van der Waals surface area (Å²) in [5.74, 6) is 0. The smallest absolute Gasteiger partial charge is 0.123 e. The maximum Gasteiger partial charge on any atom is 0.123 e. The lowest BCUT2D eigenvalue weighted by Crippen LogP contribution is -1.66. The maximum absolute atomic E-state index is 9.86. The van der Waals surface area contributed by atoms with Gasteiger partial charge in [-0.3, -0.25) is 0 Å². The highest BCUT2D eigenvalue weighted by atomic mass is 16.1. The summed E-state index contributed by atoms with van der Waals surface area (Å²) in [5, 5.41) is 0. The molecule has 1 nitrogen and oxygen atoms in total. The van der Waals surface area contributed by atoms with E-state index in [0.29, 0.717) is 6.42 Å². The molecule has 0 unspecified atom stereocenters. The largest absolute Gasteiger partial charge is 0.303 e. The third-order valence-corrected chi connectivity index (χ3v) is 1.34. The highest BCUT2D eigenvalue weighted by Gasteiger charge is 1.75. The van der Waals surface area contributed by atoms with E-state index in [-0.39, 0.29) is 0 Å². The molecule has 0 spiro atoms. The second-order valence-electron chi connectivity index (χ2n) is 2.40. The van der Waals surface area contributed by atoms with Crippen molar-refractivity contribution in [3.8, 4) is 0 Å². The van der Waals surface area contributed by atoms with E-state index < -0.39 is 0 Å². The third kappa shape index (κ3) is 9.15. The monoisotopic (exact) mass is 152 g/mol. The quantitative estimate of drug-likeness (QED) is 0.325. The van der Waals surface area contributed by atoms with Crippen LogP contribution in [0.1, 0.15) is 32.6 Å². The first-order valence-electron chi connectivity index (χ1n) is 4.17. The Morgan fingerprint density at radius 1 is 1.18 bits per heavy atom. The number of aldehydes is 1. The summed E-state index contributed by atoms with van der Waals surface area (Å²) in [6.07, 6.45) is 13.0. The lowest BCUT2D eigenvalue weighted by Gasteiger charge is -1.85. The Morgan fingerprint density at radius 2 is 1.91 bits per heavy atom. The Kier molecular flexibility index (Phi) is 8.44. The Labute approximate surface area is 68.8 Å². The fourth-order valence-corrected chi connectivity index (χ4v) is 0.709. The number of hydrogen-bond donors (Lipinski definition) is 0. The Bertz CT molecular complexity index is 134. The SMILES string of the molecule is CCCCC=CC=CCC=O. The van der Waals surface area contributed by atoms with E-state index in [2.05, 4.69) is 13.0 Å². The lowest BCUT2D eigenvalue weighted by molar-refractivity contribution is -0.107. The molecule has 0 fully saturated rings. The van der Waals surface area contributed by atoms with Crippen molar-refractivity contribution in [1.82, 2.24) is 0 Å². The van der Waals surface area contributed by atoms with Gasteiger partial charge in [-0.05, 0) is 6.42 Å². The summed E-state index contributed by atoms with van der Waals surface area (Å²) in [5.41, 5.74) is 0. The topological polar surface area (TPSA) is 17.1 Å². The molecule has 0 N–H and O–H groups in total. The van der Waals surface area contributed by atoms with E-state index in [0.717, 1.165) is 12.7 Å². The van der Waals surface area contributed by atoms with E-state index in [1.807, 2.05) is 18.2 Å². The Morgan fingerprint density at radius 3 is 2.55 bits per heavy atom. The van der Waals surface area contributed by atoms with Gasteiger partial charge in [-0.1, -0.05) is 44.1 Å². The van der Waals surface area contributed by atoms with Gasteiger partial charge >= 0.3 is 0 Å². The van der Waals surface area contributed by atoms with Crippen molar-refractivity contribution in [1.29, 1.82) is 0 Å². The van der Waals surface area contributed by atoms with Gasteiger partial charge < -0.3 is 4.79 Å². The fraction of sp³-hybridized carbons (Fsp3) is 0.500. The number of unbranched alkanes of at least 4 members (excludes halogenated alkanes) is 2. The molecule has 0 aromatic rings. The molecule has 0 heterocycles. The lowest BCUT2D eigenvalue weighted by atomic mass is 10.2. The molecule has 0 aromatic carbocycles. The molecular weight excluding hydrogens is 136 g/mol. The predicted octanol–water partition coefficient (Wildman–Crippen LogP) is 2.88. The molecule has 62 valence electrons. The van der Waals surface area contributed by atoms with Gasteiger partial charge in [0.05, 0.1) is 0 Å². The zero-order chi connectivity index (χ0) is 8.36. The molecule has 0 rings (SSSR count). The molecule has 0 amide bonds. The molecule has 0 aromatic heterocycles. The molecule has 0 radical (unpaired) electrons. The van der Waals surface area contributed by atoms with Crippen LogP contribution >= 0.6 is 0 Å². The van der Waals surface area contributed by atoms with Gasteiger partial charge in [0.25, 0.3) is 0 Å². The van der Waals surface area contributed by atoms with Crippen LogP contribution in [0.15, 0.2) is 24.3 Å².